The lowest BCUT2D eigenvalue weighted by molar-refractivity contribution is 0.0880. The molecule has 3 nitrogen and oxygen atoms in total. The summed E-state index contributed by atoms with van der Waals surface area (Å²) in [6, 6.07) is 7.55. The highest BCUT2D eigenvalue weighted by Gasteiger charge is 2.30. The number of hydrogen-bond donors (Lipinski definition) is 1. The third-order valence-electron chi connectivity index (χ3n) is 3.94. The zero-order chi connectivity index (χ0) is 13.8. The maximum Gasteiger partial charge on any atom is 0.123 e. The molecule has 1 fully saturated rings. The van der Waals surface area contributed by atoms with E-state index in [4.69, 9.17) is 0 Å². The Labute approximate surface area is 115 Å². The molecular formula is C15H24FN3. The van der Waals surface area contributed by atoms with Crippen LogP contribution < -0.4 is 5.32 Å². The van der Waals surface area contributed by atoms with E-state index in [1.165, 1.54) is 0 Å². The second-order valence-electron chi connectivity index (χ2n) is 5.40. The molecule has 0 spiro atoms. The van der Waals surface area contributed by atoms with Crippen molar-refractivity contribution in [2.75, 3.05) is 40.3 Å². The molecule has 2 unspecified atom stereocenters. The van der Waals surface area contributed by atoms with E-state index in [1.807, 2.05) is 12.1 Å². The molecule has 2 atom stereocenters. The lowest BCUT2D eigenvalue weighted by Gasteiger charge is -2.42. The molecule has 19 heavy (non-hydrogen) atoms. The summed E-state index contributed by atoms with van der Waals surface area (Å²) in [6.45, 7) is 6.24. The molecule has 0 amide bonds. The van der Waals surface area contributed by atoms with Crippen molar-refractivity contribution in [3.05, 3.63) is 35.6 Å². The fraction of sp³-hybridized carbons (Fsp3) is 0.600. The number of nitrogens with zero attached hydrogens (tertiary/aromatic N) is 2. The second kappa shape index (κ2) is 6.46. The van der Waals surface area contributed by atoms with Crippen molar-refractivity contribution < 1.29 is 4.39 Å². The number of piperazine rings is 1. The summed E-state index contributed by atoms with van der Waals surface area (Å²) < 4.78 is 13.1. The van der Waals surface area contributed by atoms with E-state index < -0.39 is 0 Å². The van der Waals surface area contributed by atoms with Crippen molar-refractivity contribution >= 4 is 0 Å². The van der Waals surface area contributed by atoms with Gasteiger partial charge in [-0.05, 0) is 38.3 Å². The van der Waals surface area contributed by atoms with Gasteiger partial charge in [0.15, 0.2) is 0 Å². The Kier molecular flexibility index (Phi) is 4.91. The summed E-state index contributed by atoms with van der Waals surface area (Å²) in [5.74, 6) is -0.173. The first kappa shape index (κ1) is 14.4. The van der Waals surface area contributed by atoms with Crippen LogP contribution in [0, 0.1) is 5.82 Å². The van der Waals surface area contributed by atoms with Crippen LogP contribution in [-0.4, -0.2) is 56.1 Å². The van der Waals surface area contributed by atoms with Crippen LogP contribution in [0.3, 0.4) is 0 Å². The quantitative estimate of drug-likeness (QED) is 0.894. The van der Waals surface area contributed by atoms with Gasteiger partial charge in [-0.15, -0.1) is 0 Å². The van der Waals surface area contributed by atoms with Gasteiger partial charge in [0.25, 0.3) is 0 Å². The van der Waals surface area contributed by atoms with Gasteiger partial charge in [0.05, 0.1) is 0 Å². The van der Waals surface area contributed by atoms with E-state index in [0.29, 0.717) is 6.04 Å². The fourth-order valence-corrected chi connectivity index (χ4v) is 2.77. The summed E-state index contributed by atoms with van der Waals surface area (Å²) in [5.41, 5.74) is 1.16. The van der Waals surface area contributed by atoms with Gasteiger partial charge in [0, 0.05) is 31.7 Å². The highest BCUT2D eigenvalue weighted by molar-refractivity contribution is 5.22. The zero-order valence-electron chi connectivity index (χ0n) is 12.1. The van der Waals surface area contributed by atoms with E-state index in [-0.39, 0.29) is 11.9 Å². The van der Waals surface area contributed by atoms with Gasteiger partial charge >= 0.3 is 0 Å². The van der Waals surface area contributed by atoms with Crippen LogP contribution in [0.4, 0.5) is 4.39 Å². The van der Waals surface area contributed by atoms with Crippen molar-refractivity contribution in [3.63, 3.8) is 0 Å². The first-order valence-corrected chi connectivity index (χ1v) is 6.99. The minimum Gasteiger partial charge on any atom is -0.309 e. The number of hydrogen-bond acceptors (Lipinski definition) is 3. The van der Waals surface area contributed by atoms with Crippen LogP contribution in [0.2, 0.25) is 0 Å². The first-order chi connectivity index (χ1) is 9.11. The molecule has 1 N–H and O–H groups in total. The maximum absolute atomic E-state index is 13.1. The predicted octanol–water partition coefficient (Wildman–Crippen LogP) is 1.72. The summed E-state index contributed by atoms with van der Waals surface area (Å²) in [4.78, 5) is 4.76. The standard InChI is InChI=1S/C15H24FN3/c1-4-17-15(12-5-7-13(16)8-6-12)14-11-18(2)9-10-19(14)3/h5-8,14-15,17H,4,9-11H2,1-3H3. The first-order valence-electron chi connectivity index (χ1n) is 6.99. The molecule has 0 saturated carbocycles. The van der Waals surface area contributed by atoms with E-state index >= 15 is 0 Å². The van der Waals surface area contributed by atoms with Crippen molar-refractivity contribution in [3.8, 4) is 0 Å². The zero-order valence-corrected chi connectivity index (χ0v) is 12.1. The third-order valence-corrected chi connectivity index (χ3v) is 3.94. The van der Waals surface area contributed by atoms with Gasteiger partial charge in [0.2, 0.25) is 0 Å². The minimum atomic E-state index is -0.173. The molecular weight excluding hydrogens is 241 g/mol. The van der Waals surface area contributed by atoms with Gasteiger partial charge in [-0.1, -0.05) is 19.1 Å². The highest BCUT2D eigenvalue weighted by atomic mass is 19.1. The Morgan fingerprint density at radius 3 is 2.58 bits per heavy atom. The molecule has 1 saturated heterocycles. The second-order valence-corrected chi connectivity index (χ2v) is 5.40. The number of benzene rings is 1. The predicted molar refractivity (Wildman–Crippen MR) is 76.7 cm³/mol. The van der Waals surface area contributed by atoms with Crippen LogP contribution in [0.5, 0.6) is 0 Å². The SMILES string of the molecule is CCNC(c1ccc(F)cc1)C1CN(C)CCN1C. The van der Waals surface area contributed by atoms with Crippen LogP contribution in [-0.2, 0) is 0 Å². The van der Waals surface area contributed by atoms with Crippen LogP contribution >= 0.6 is 0 Å². The van der Waals surface area contributed by atoms with Crippen LogP contribution in [0.25, 0.3) is 0 Å². The molecule has 1 aromatic rings. The largest absolute Gasteiger partial charge is 0.309 e. The average molecular weight is 265 g/mol. The molecule has 0 radical (unpaired) electrons. The molecule has 1 aliphatic heterocycles. The van der Waals surface area contributed by atoms with E-state index in [9.17, 15) is 4.39 Å². The monoisotopic (exact) mass is 265 g/mol. The van der Waals surface area contributed by atoms with Gasteiger partial charge in [0.1, 0.15) is 5.82 Å². The maximum atomic E-state index is 13.1. The summed E-state index contributed by atoms with van der Waals surface area (Å²) in [6.07, 6.45) is 0. The van der Waals surface area contributed by atoms with Gasteiger partial charge in [-0.2, -0.15) is 0 Å². The molecule has 0 aliphatic carbocycles. The number of likely N-dealkylation sites (N-methyl/N-ethyl adjacent to an activating group) is 3. The number of nitrogens with one attached hydrogen (secondary N) is 1. The summed E-state index contributed by atoms with van der Waals surface area (Å²) >= 11 is 0. The van der Waals surface area contributed by atoms with E-state index in [2.05, 4.69) is 36.1 Å². The molecule has 0 bridgehead atoms. The topological polar surface area (TPSA) is 18.5 Å². The van der Waals surface area contributed by atoms with Gasteiger partial charge < -0.3 is 10.2 Å². The van der Waals surface area contributed by atoms with Crippen LogP contribution in [0.1, 0.15) is 18.5 Å². The van der Waals surface area contributed by atoms with Crippen molar-refractivity contribution in [1.29, 1.82) is 0 Å². The Hall–Kier alpha value is -0.970. The molecule has 1 aromatic carbocycles. The van der Waals surface area contributed by atoms with Crippen molar-refractivity contribution in [2.24, 2.45) is 0 Å². The molecule has 106 valence electrons. The molecule has 2 rings (SSSR count). The van der Waals surface area contributed by atoms with Crippen molar-refractivity contribution in [2.45, 2.75) is 19.0 Å². The fourth-order valence-electron chi connectivity index (χ4n) is 2.77. The average Bonchev–Trinajstić information content (AvgIpc) is 2.40. The Morgan fingerprint density at radius 1 is 1.26 bits per heavy atom. The number of rotatable bonds is 4. The number of halogens is 1. The molecule has 1 heterocycles. The van der Waals surface area contributed by atoms with Gasteiger partial charge in [-0.25, -0.2) is 4.39 Å². The summed E-state index contributed by atoms with van der Waals surface area (Å²) in [7, 11) is 4.33. The molecule has 1 aliphatic rings. The van der Waals surface area contributed by atoms with E-state index in [1.54, 1.807) is 12.1 Å². The summed E-state index contributed by atoms with van der Waals surface area (Å²) in [5, 5.41) is 3.55. The molecule has 4 heteroatoms. The van der Waals surface area contributed by atoms with Crippen LogP contribution in [0.15, 0.2) is 24.3 Å². The smallest absolute Gasteiger partial charge is 0.123 e. The lowest BCUT2D eigenvalue weighted by atomic mass is 9.96. The minimum absolute atomic E-state index is 0.173. The Morgan fingerprint density at radius 2 is 1.95 bits per heavy atom. The lowest BCUT2D eigenvalue weighted by Crippen LogP contribution is -2.55. The Bertz CT molecular complexity index is 393. The Balaban J connectivity index is 2.20. The van der Waals surface area contributed by atoms with Gasteiger partial charge in [-0.3, -0.25) is 4.90 Å². The van der Waals surface area contributed by atoms with E-state index in [0.717, 1.165) is 31.7 Å². The molecule has 0 aromatic heterocycles. The third kappa shape index (κ3) is 3.53. The van der Waals surface area contributed by atoms with Crippen molar-refractivity contribution in [1.82, 2.24) is 15.1 Å². The highest BCUT2D eigenvalue weighted by Crippen LogP contribution is 2.23. The normalized spacial score (nSPS) is 23.5.